The molecule has 2 unspecified atom stereocenters. The van der Waals surface area contributed by atoms with Gasteiger partial charge in [0, 0.05) is 24.2 Å². The normalized spacial score (nSPS) is 29.2. The molecule has 0 amide bonds. The first-order valence-corrected chi connectivity index (χ1v) is 6.82. The maximum atomic E-state index is 10.6. The Hall–Kier alpha value is -1.40. The van der Waals surface area contributed by atoms with Crippen LogP contribution in [-0.2, 0) is 0 Å². The van der Waals surface area contributed by atoms with Gasteiger partial charge in [0.25, 0.3) is 5.69 Å². The quantitative estimate of drug-likeness (QED) is 0.657. The van der Waals surface area contributed by atoms with E-state index in [4.69, 9.17) is 11.6 Å². The first-order chi connectivity index (χ1) is 9.11. The molecular weight excluding hydrogens is 268 g/mol. The van der Waals surface area contributed by atoms with Crippen molar-refractivity contribution in [2.75, 3.05) is 5.32 Å². The number of anilines is 1. The van der Waals surface area contributed by atoms with Gasteiger partial charge >= 0.3 is 0 Å². The van der Waals surface area contributed by atoms with E-state index >= 15 is 0 Å². The van der Waals surface area contributed by atoms with Gasteiger partial charge in [-0.05, 0) is 25.7 Å². The fourth-order valence-corrected chi connectivity index (χ4v) is 3.22. The summed E-state index contributed by atoms with van der Waals surface area (Å²) in [5, 5.41) is 17.8. The predicted octanol–water partition coefficient (Wildman–Crippen LogP) is 2.34. The molecule has 0 aromatic carbocycles. The molecule has 2 aliphatic rings. The van der Waals surface area contributed by atoms with Crippen molar-refractivity contribution in [3.63, 3.8) is 0 Å². The molecule has 2 aliphatic heterocycles. The van der Waals surface area contributed by atoms with Gasteiger partial charge in [-0.2, -0.15) is 0 Å². The smallest absolute Gasteiger partial charge is 0.289 e. The third-order valence-corrected chi connectivity index (χ3v) is 4.14. The van der Waals surface area contributed by atoms with Crippen LogP contribution in [0.3, 0.4) is 0 Å². The number of pyridine rings is 1. The molecule has 1 aromatic rings. The van der Waals surface area contributed by atoms with Gasteiger partial charge in [-0.25, -0.2) is 4.98 Å². The van der Waals surface area contributed by atoms with E-state index in [2.05, 4.69) is 15.6 Å². The maximum Gasteiger partial charge on any atom is 0.289 e. The molecule has 2 atom stereocenters. The van der Waals surface area contributed by atoms with E-state index in [9.17, 15) is 10.1 Å². The number of nitrogens with zero attached hydrogens (tertiary/aromatic N) is 2. The highest BCUT2D eigenvalue weighted by Crippen LogP contribution is 2.30. The van der Waals surface area contributed by atoms with Gasteiger partial charge < -0.3 is 10.6 Å². The van der Waals surface area contributed by atoms with Gasteiger partial charge in [0.15, 0.2) is 0 Å². The van der Waals surface area contributed by atoms with Crippen molar-refractivity contribution in [2.24, 2.45) is 0 Å². The van der Waals surface area contributed by atoms with Crippen LogP contribution in [0, 0.1) is 10.1 Å². The summed E-state index contributed by atoms with van der Waals surface area (Å²) in [5.41, 5.74) is -0.0825. The molecule has 2 N–H and O–H groups in total. The summed E-state index contributed by atoms with van der Waals surface area (Å²) in [6.45, 7) is 0. The molecule has 102 valence electrons. The number of aromatic nitrogens is 1. The van der Waals surface area contributed by atoms with Crippen molar-refractivity contribution in [2.45, 2.75) is 43.8 Å². The minimum absolute atomic E-state index is 0.0825. The van der Waals surface area contributed by atoms with Gasteiger partial charge in [-0.15, -0.1) is 0 Å². The molecule has 19 heavy (non-hydrogen) atoms. The number of nitro groups is 1. The van der Waals surface area contributed by atoms with Crippen LogP contribution in [0.2, 0.25) is 5.02 Å². The van der Waals surface area contributed by atoms with Gasteiger partial charge in [-0.3, -0.25) is 10.1 Å². The molecule has 3 rings (SSSR count). The van der Waals surface area contributed by atoms with Gasteiger partial charge in [0.2, 0.25) is 0 Å². The highest BCUT2D eigenvalue weighted by Gasteiger charge is 2.33. The van der Waals surface area contributed by atoms with Crippen LogP contribution in [-0.4, -0.2) is 28.0 Å². The number of hydrogen-bond acceptors (Lipinski definition) is 5. The standard InChI is InChI=1S/C12H15ClN4O2/c13-11-5-10(17(18)19)6-14-12(11)16-9-3-7-1-2-8(4-9)15-7/h5-9,15H,1-4H2,(H,14,16). The number of rotatable bonds is 3. The van der Waals surface area contributed by atoms with E-state index in [0.717, 1.165) is 12.8 Å². The van der Waals surface area contributed by atoms with E-state index < -0.39 is 4.92 Å². The zero-order valence-corrected chi connectivity index (χ0v) is 11.1. The Bertz CT molecular complexity index is 499. The second kappa shape index (κ2) is 4.94. The Kier molecular flexibility index (Phi) is 3.28. The van der Waals surface area contributed by atoms with E-state index in [1.165, 1.54) is 25.1 Å². The molecule has 7 heteroatoms. The van der Waals surface area contributed by atoms with Crippen LogP contribution in [0.4, 0.5) is 11.5 Å². The Labute approximate surface area is 115 Å². The maximum absolute atomic E-state index is 10.6. The lowest BCUT2D eigenvalue weighted by molar-refractivity contribution is -0.385. The summed E-state index contributed by atoms with van der Waals surface area (Å²) >= 11 is 6.04. The van der Waals surface area contributed by atoms with Crippen molar-refractivity contribution in [3.05, 3.63) is 27.4 Å². The largest absolute Gasteiger partial charge is 0.366 e. The van der Waals surface area contributed by atoms with Crippen LogP contribution < -0.4 is 10.6 Å². The van der Waals surface area contributed by atoms with Crippen LogP contribution in [0.15, 0.2) is 12.3 Å². The van der Waals surface area contributed by atoms with E-state index in [0.29, 0.717) is 29.0 Å². The molecule has 0 aliphatic carbocycles. The third-order valence-electron chi connectivity index (χ3n) is 3.85. The molecule has 0 saturated carbocycles. The lowest BCUT2D eigenvalue weighted by Crippen LogP contribution is -2.43. The summed E-state index contributed by atoms with van der Waals surface area (Å²) < 4.78 is 0. The predicted molar refractivity (Wildman–Crippen MR) is 72.5 cm³/mol. The second-order valence-electron chi connectivity index (χ2n) is 5.23. The first-order valence-electron chi connectivity index (χ1n) is 6.44. The number of nitrogens with one attached hydrogen (secondary N) is 2. The number of fused-ring (bicyclic) bond motifs is 2. The Balaban J connectivity index is 1.71. The number of piperidine rings is 1. The number of hydrogen-bond donors (Lipinski definition) is 2. The van der Waals surface area contributed by atoms with Gasteiger partial charge in [0.1, 0.15) is 12.0 Å². The SMILES string of the molecule is O=[N+]([O-])c1cnc(NC2CC3CCC(C2)N3)c(Cl)c1. The summed E-state index contributed by atoms with van der Waals surface area (Å²) in [7, 11) is 0. The Morgan fingerprint density at radius 2 is 2.11 bits per heavy atom. The minimum Gasteiger partial charge on any atom is -0.366 e. The lowest BCUT2D eigenvalue weighted by atomic mass is 10.00. The Morgan fingerprint density at radius 3 is 2.68 bits per heavy atom. The molecule has 3 heterocycles. The van der Waals surface area contributed by atoms with E-state index in [1.807, 2.05) is 0 Å². The van der Waals surface area contributed by atoms with E-state index in [-0.39, 0.29) is 5.69 Å². The fraction of sp³-hybridized carbons (Fsp3) is 0.583. The molecule has 1 aromatic heterocycles. The topological polar surface area (TPSA) is 80.1 Å². The monoisotopic (exact) mass is 282 g/mol. The minimum atomic E-state index is -0.493. The van der Waals surface area contributed by atoms with Crippen molar-refractivity contribution >= 4 is 23.1 Å². The summed E-state index contributed by atoms with van der Waals surface area (Å²) in [5.74, 6) is 0.540. The average Bonchev–Trinajstić information content (AvgIpc) is 2.71. The highest BCUT2D eigenvalue weighted by molar-refractivity contribution is 6.33. The van der Waals surface area contributed by atoms with Gasteiger partial charge in [0.05, 0.1) is 9.95 Å². The molecule has 0 spiro atoms. The lowest BCUT2D eigenvalue weighted by Gasteiger charge is -2.30. The molecule has 2 saturated heterocycles. The molecule has 0 radical (unpaired) electrons. The summed E-state index contributed by atoms with van der Waals surface area (Å²) in [6.07, 6.45) is 5.79. The summed E-state index contributed by atoms with van der Waals surface area (Å²) in [6, 6.07) is 2.83. The molecule has 6 nitrogen and oxygen atoms in total. The summed E-state index contributed by atoms with van der Waals surface area (Å²) in [4.78, 5) is 14.2. The van der Waals surface area contributed by atoms with Crippen molar-refractivity contribution in [3.8, 4) is 0 Å². The zero-order valence-electron chi connectivity index (χ0n) is 10.3. The second-order valence-corrected chi connectivity index (χ2v) is 5.64. The van der Waals surface area contributed by atoms with Crippen molar-refractivity contribution in [1.82, 2.24) is 10.3 Å². The highest BCUT2D eigenvalue weighted by atomic mass is 35.5. The van der Waals surface area contributed by atoms with E-state index in [1.54, 1.807) is 0 Å². The molecule has 2 bridgehead atoms. The molecule has 2 fully saturated rings. The van der Waals surface area contributed by atoms with Gasteiger partial charge in [-0.1, -0.05) is 11.6 Å². The van der Waals surface area contributed by atoms with Crippen LogP contribution >= 0.6 is 11.6 Å². The van der Waals surface area contributed by atoms with Crippen LogP contribution in [0.25, 0.3) is 0 Å². The third kappa shape index (κ3) is 2.64. The average molecular weight is 283 g/mol. The van der Waals surface area contributed by atoms with Crippen molar-refractivity contribution < 1.29 is 4.92 Å². The van der Waals surface area contributed by atoms with Crippen LogP contribution in [0.1, 0.15) is 25.7 Å². The van der Waals surface area contributed by atoms with Crippen LogP contribution in [0.5, 0.6) is 0 Å². The zero-order chi connectivity index (χ0) is 13.4. The molecular formula is C12H15ClN4O2. The number of halogens is 1. The van der Waals surface area contributed by atoms with Crippen molar-refractivity contribution in [1.29, 1.82) is 0 Å². The Morgan fingerprint density at radius 1 is 1.42 bits per heavy atom. The fourth-order valence-electron chi connectivity index (χ4n) is 3.00. The first kappa shape index (κ1) is 12.6.